The fourth-order valence-electron chi connectivity index (χ4n) is 1.63. The van der Waals surface area contributed by atoms with E-state index in [0.717, 1.165) is 0 Å². The van der Waals surface area contributed by atoms with Gasteiger partial charge in [0, 0.05) is 26.3 Å². The normalized spacial score (nSPS) is 16.3. The van der Waals surface area contributed by atoms with Crippen LogP contribution in [0.1, 0.15) is 10.4 Å². The first-order chi connectivity index (χ1) is 8.70. The molecule has 0 aromatic carbocycles. The van der Waals surface area contributed by atoms with Gasteiger partial charge >= 0.3 is 0 Å². The summed E-state index contributed by atoms with van der Waals surface area (Å²) < 4.78 is 5.20. The Morgan fingerprint density at radius 2 is 2.22 bits per heavy atom. The number of hydrazine groups is 1. The van der Waals surface area contributed by atoms with Crippen LogP contribution in [0.25, 0.3) is 0 Å². The second-order valence-corrected chi connectivity index (χ2v) is 4.25. The fraction of sp³-hybridized carbons (Fsp3) is 0.455. The summed E-state index contributed by atoms with van der Waals surface area (Å²) in [4.78, 5) is 16.0. The molecule has 1 saturated heterocycles. The van der Waals surface area contributed by atoms with Crippen LogP contribution < -0.4 is 10.7 Å². The van der Waals surface area contributed by atoms with Crippen LogP contribution in [0.5, 0.6) is 0 Å². The van der Waals surface area contributed by atoms with Crippen LogP contribution in [0.2, 0.25) is 5.02 Å². The first-order valence-electron chi connectivity index (χ1n) is 5.67. The molecule has 2 heterocycles. The minimum Gasteiger partial charge on any atom is -0.379 e. The third-order valence-corrected chi connectivity index (χ3v) is 2.90. The molecule has 1 fully saturated rings. The van der Waals surface area contributed by atoms with Gasteiger partial charge in [0.2, 0.25) is 0 Å². The van der Waals surface area contributed by atoms with Crippen LogP contribution in [0.4, 0.5) is 5.82 Å². The van der Waals surface area contributed by atoms with Gasteiger partial charge in [-0.3, -0.25) is 10.2 Å². The molecule has 1 aromatic rings. The van der Waals surface area contributed by atoms with Crippen LogP contribution >= 0.6 is 11.6 Å². The number of pyridine rings is 1. The first kappa shape index (κ1) is 13.1. The van der Waals surface area contributed by atoms with Gasteiger partial charge in [0.1, 0.15) is 5.82 Å². The number of nitrogens with zero attached hydrogens (tertiary/aromatic N) is 2. The molecule has 1 aliphatic heterocycles. The van der Waals surface area contributed by atoms with Crippen molar-refractivity contribution in [2.45, 2.75) is 0 Å². The lowest BCUT2D eigenvalue weighted by Crippen LogP contribution is -2.48. The van der Waals surface area contributed by atoms with Gasteiger partial charge in [-0.05, 0) is 6.07 Å². The maximum atomic E-state index is 12.0. The van der Waals surface area contributed by atoms with Crippen molar-refractivity contribution in [2.24, 2.45) is 0 Å². The summed E-state index contributed by atoms with van der Waals surface area (Å²) in [5, 5.41) is 5.09. The van der Waals surface area contributed by atoms with Gasteiger partial charge in [-0.25, -0.2) is 9.99 Å². The standard InChI is InChI=1S/C11H15ClN4O2/c1-13-10-9(12)6-8(7-14-10)11(17)15-16-2-4-18-5-3-16/h6-7H,2-5H2,1H3,(H,13,14)(H,15,17). The van der Waals surface area contributed by atoms with E-state index in [9.17, 15) is 4.79 Å². The average Bonchev–Trinajstić information content (AvgIpc) is 2.39. The van der Waals surface area contributed by atoms with Gasteiger partial charge in [0.15, 0.2) is 0 Å². The molecule has 1 aliphatic rings. The molecule has 1 aromatic heterocycles. The Labute approximate surface area is 110 Å². The first-order valence-corrected chi connectivity index (χ1v) is 6.05. The number of nitrogens with one attached hydrogen (secondary N) is 2. The van der Waals surface area contributed by atoms with Crippen molar-refractivity contribution in [1.29, 1.82) is 0 Å². The van der Waals surface area contributed by atoms with Crippen molar-refractivity contribution < 1.29 is 9.53 Å². The quantitative estimate of drug-likeness (QED) is 0.849. The number of hydrogen-bond acceptors (Lipinski definition) is 5. The van der Waals surface area contributed by atoms with Crippen LogP contribution in [-0.2, 0) is 4.74 Å². The Bertz CT molecular complexity index is 435. The number of halogens is 1. The number of hydrogen-bond donors (Lipinski definition) is 2. The number of carbonyl (C=O) groups excluding carboxylic acids is 1. The van der Waals surface area contributed by atoms with E-state index < -0.39 is 0 Å². The topological polar surface area (TPSA) is 66.5 Å². The predicted molar refractivity (Wildman–Crippen MR) is 68.7 cm³/mol. The second-order valence-electron chi connectivity index (χ2n) is 3.84. The lowest BCUT2D eigenvalue weighted by molar-refractivity contribution is 0.0126. The van der Waals surface area contributed by atoms with E-state index >= 15 is 0 Å². The molecule has 0 unspecified atom stereocenters. The van der Waals surface area contributed by atoms with Gasteiger partial charge in [-0.15, -0.1) is 0 Å². The van der Waals surface area contributed by atoms with E-state index in [1.807, 2.05) is 5.01 Å². The third-order valence-electron chi connectivity index (χ3n) is 2.61. The third kappa shape index (κ3) is 3.10. The van der Waals surface area contributed by atoms with Crippen LogP contribution in [-0.4, -0.2) is 49.3 Å². The molecule has 6 nitrogen and oxygen atoms in total. The van der Waals surface area contributed by atoms with Gasteiger partial charge in [-0.2, -0.15) is 0 Å². The average molecular weight is 271 g/mol. The summed E-state index contributed by atoms with van der Waals surface area (Å²) >= 11 is 5.98. The maximum absolute atomic E-state index is 12.0. The number of carbonyl (C=O) groups is 1. The van der Waals surface area contributed by atoms with Crippen molar-refractivity contribution in [3.63, 3.8) is 0 Å². The second kappa shape index (κ2) is 5.99. The Balaban J connectivity index is 2.01. The summed E-state index contributed by atoms with van der Waals surface area (Å²) in [6.07, 6.45) is 1.49. The highest BCUT2D eigenvalue weighted by molar-refractivity contribution is 6.33. The molecule has 0 spiro atoms. The molecule has 98 valence electrons. The van der Waals surface area contributed by atoms with E-state index in [-0.39, 0.29) is 5.91 Å². The molecular weight excluding hydrogens is 256 g/mol. The van der Waals surface area contributed by atoms with E-state index in [0.29, 0.717) is 42.7 Å². The smallest absolute Gasteiger partial charge is 0.267 e. The molecule has 2 rings (SSSR count). The monoisotopic (exact) mass is 270 g/mol. The number of aromatic nitrogens is 1. The number of morpholine rings is 1. The molecule has 0 bridgehead atoms. The molecule has 0 atom stereocenters. The number of anilines is 1. The van der Waals surface area contributed by atoms with Crippen LogP contribution in [0, 0.1) is 0 Å². The predicted octanol–water partition coefficient (Wildman–Crippen LogP) is 0.754. The van der Waals surface area contributed by atoms with Gasteiger partial charge in [0.05, 0.1) is 23.8 Å². The fourth-order valence-corrected chi connectivity index (χ4v) is 1.89. The lowest BCUT2D eigenvalue weighted by Gasteiger charge is -2.26. The van der Waals surface area contributed by atoms with Crippen molar-refractivity contribution in [3.05, 3.63) is 22.8 Å². The Morgan fingerprint density at radius 1 is 1.50 bits per heavy atom. The summed E-state index contributed by atoms with van der Waals surface area (Å²) in [7, 11) is 1.72. The van der Waals surface area contributed by atoms with E-state index in [2.05, 4.69) is 15.7 Å². The van der Waals surface area contributed by atoms with Gasteiger partial charge in [0.25, 0.3) is 5.91 Å². The minimum absolute atomic E-state index is 0.214. The molecule has 1 amide bonds. The highest BCUT2D eigenvalue weighted by Gasteiger charge is 2.15. The Kier molecular flexibility index (Phi) is 4.35. The molecular formula is C11H15ClN4O2. The van der Waals surface area contributed by atoms with Gasteiger partial charge in [-0.1, -0.05) is 11.6 Å². The number of ether oxygens (including phenoxy) is 1. The SMILES string of the molecule is CNc1ncc(C(=O)NN2CCOCC2)cc1Cl. The maximum Gasteiger partial charge on any atom is 0.267 e. The number of rotatable bonds is 3. The number of amides is 1. The molecule has 0 radical (unpaired) electrons. The largest absolute Gasteiger partial charge is 0.379 e. The minimum atomic E-state index is -0.214. The van der Waals surface area contributed by atoms with Crippen molar-refractivity contribution in [3.8, 4) is 0 Å². The van der Waals surface area contributed by atoms with Crippen molar-refractivity contribution in [2.75, 3.05) is 38.7 Å². The summed E-state index contributed by atoms with van der Waals surface area (Å²) in [6, 6.07) is 1.59. The van der Waals surface area contributed by atoms with Crippen molar-refractivity contribution in [1.82, 2.24) is 15.4 Å². The molecule has 7 heteroatoms. The molecule has 0 saturated carbocycles. The van der Waals surface area contributed by atoms with Crippen LogP contribution in [0.15, 0.2) is 12.3 Å². The Morgan fingerprint density at radius 3 is 2.83 bits per heavy atom. The van der Waals surface area contributed by atoms with Crippen molar-refractivity contribution >= 4 is 23.3 Å². The van der Waals surface area contributed by atoms with Crippen LogP contribution in [0.3, 0.4) is 0 Å². The summed E-state index contributed by atoms with van der Waals surface area (Å²) in [6.45, 7) is 2.61. The molecule has 18 heavy (non-hydrogen) atoms. The van der Waals surface area contributed by atoms with E-state index in [1.165, 1.54) is 6.20 Å². The zero-order chi connectivity index (χ0) is 13.0. The van der Waals surface area contributed by atoms with E-state index in [1.54, 1.807) is 13.1 Å². The highest BCUT2D eigenvalue weighted by atomic mass is 35.5. The zero-order valence-electron chi connectivity index (χ0n) is 10.1. The highest BCUT2D eigenvalue weighted by Crippen LogP contribution is 2.19. The summed E-state index contributed by atoms with van der Waals surface area (Å²) in [5.41, 5.74) is 3.23. The Hall–Kier alpha value is -1.37. The van der Waals surface area contributed by atoms with Gasteiger partial charge < -0.3 is 10.1 Å². The van der Waals surface area contributed by atoms with E-state index in [4.69, 9.17) is 16.3 Å². The zero-order valence-corrected chi connectivity index (χ0v) is 10.8. The molecule has 0 aliphatic carbocycles. The lowest BCUT2D eigenvalue weighted by atomic mass is 10.2. The molecule has 2 N–H and O–H groups in total. The summed E-state index contributed by atoms with van der Waals surface area (Å²) in [5.74, 6) is 0.341.